The predicted octanol–water partition coefficient (Wildman–Crippen LogP) is 3.53. The van der Waals surface area contributed by atoms with Gasteiger partial charge in [-0.3, -0.25) is 4.79 Å². The predicted molar refractivity (Wildman–Crippen MR) is 78.9 cm³/mol. The SMILES string of the molecule is O=C(CCS(=O)(=O)c1ccc(F)c(Cl)c1)c1ccccc1. The summed E-state index contributed by atoms with van der Waals surface area (Å²) in [5.74, 6) is -1.29. The molecule has 0 heterocycles. The Balaban J connectivity index is 2.11. The summed E-state index contributed by atoms with van der Waals surface area (Å²) >= 11 is 5.57. The van der Waals surface area contributed by atoms with Crippen molar-refractivity contribution in [1.29, 1.82) is 0 Å². The van der Waals surface area contributed by atoms with Crippen molar-refractivity contribution < 1.29 is 17.6 Å². The summed E-state index contributed by atoms with van der Waals surface area (Å²) in [5.41, 5.74) is 0.463. The molecule has 0 atom stereocenters. The van der Waals surface area contributed by atoms with Crippen molar-refractivity contribution in [2.45, 2.75) is 11.3 Å². The highest BCUT2D eigenvalue weighted by atomic mass is 35.5. The van der Waals surface area contributed by atoms with E-state index in [-0.39, 0.29) is 27.9 Å². The van der Waals surface area contributed by atoms with Gasteiger partial charge in [-0.25, -0.2) is 12.8 Å². The lowest BCUT2D eigenvalue weighted by atomic mass is 10.1. The summed E-state index contributed by atoms with van der Waals surface area (Å²) in [7, 11) is -3.67. The molecule has 0 aliphatic carbocycles. The molecule has 2 aromatic rings. The Morgan fingerprint density at radius 1 is 1.10 bits per heavy atom. The van der Waals surface area contributed by atoms with Gasteiger partial charge >= 0.3 is 0 Å². The molecule has 0 aliphatic heterocycles. The number of Topliss-reactive ketones (excluding diaryl/α,β-unsaturated/α-hetero) is 1. The Kier molecular flexibility index (Phi) is 4.75. The molecule has 0 aromatic heterocycles. The van der Waals surface area contributed by atoms with Crippen LogP contribution in [0.15, 0.2) is 53.4 Å². The molecule has 0 saturated heterocycles. The van der Waals surface area contributed by atoms with E-state index in [1.165, 1.54) is 0 Å². The molecular formula is C15H12ClFO3S. The maximum Gasteiger partial charge on any atom is 0.178 e. The fourth-order valence-corrected chi connectivity index (χ4v) is 3.29. The van der Waals surface area contributed by atoms with Crippen molar-refractivity contribution in [3.05, 3.63) is 64.9 Å². The molecule has 6 heteroatoms. The van der Waals surface area contributed by atoms with Gasteiger partial charge in [0.1, 0.15) is 5.82 Å². The molecule has 0 radical (unpaired) electrons. The Morgan fingerprint density at radius 2 is 1.76 bits per heavy atom. The van der Waals surface area contributed by atoms with Gasteiger partial charge in [-0.1, -0.05) is 41.9 Å². The second-order valence-electron chi connectivity index (χ2n) is 4.43. The normalized spacial score (nSPS) is 11.3. The van der Waals surface area contributed by atoms with E-state index in [0.717, 1.165) is 18.2 Å². The Morgan fingerprint density at radius 3 is 2.38 bits per heavy atom. The third kappa shape index (κ3) is 3.89. The van der Waals surface area contributed by atoms with Gasteiger partial charge in [0.15, 0.2) is 15.6 Å². The van der Waals surface area contributed by atoms with Gasteiger partial charge in [0.25, 0.3) is 0 Å². The van der Waals surface area contributed by atoms with E-state index in [1.54, 1.807) is 30.3 Å². The minimum Gasteiger partial charge on any atom is -0.294 e. The first-order valence-electron chi connectivity index (χ1n) is 6.16. The van der Waals surface area contributed by atoms with E-state index in [2.05, 4.69) is 0 Å². The van der Waals surface area contributed by atoms with Crippen LogP contribution in [0.3, 0.4) is 0 Å². The Labute approximate surface area is 127 Å². The first-order chi connectivity index (χ1) is 9.90. The molecule has 3 nitrogen and oxygen atoms in total. The van der Waals surface area contributed by atoms with Gasteiger partial charge in [0.05, 0.1) is 15.7 Å². The number of hydrogen-bond donors (Lipinski definition) is 0. The molecule has 0 aliphatic rings. The van der Waals surface area contributed by atoms with Gasteiger partial charge in [0.2, 0.25) is 0 Å². The molecule has 0 spiro atoms. The minimum absolute atomic E-state index is 0.0882. The van der Waals surface area contributed by atoms with Crippen LogP contribution in [0.5, 0.6) is 0 Å². The lowest BCUT2D eigenvalue weighted by Crippen LogP contribution is -2.12. The maximum atomic E-state index is 13.0. The highest BCUT2D eigenvalue weighted by Gasteiger charge is 2.18. The zero-order chi connectivity index (χ0) is 15.5. The summed E-state index contributed by atoms with van der Waals surface area (Å²) in [6, 6.07) is 11.6. The van der Waals surface area contributed by atoms with Crippen LogP contribution in [0.4, 0.5) is 4.39 Å². The minimum atomic E-state index is -3.67. The molecule has 2 rings (SSSR count). The van der Waals surface area contributed by atoms with Crippen molar-refractivity contribution in [3.8, 4) is 0 Å². The van der Waals surface area contributed by atoms with E-state index >= 15 is 0 Å². The number of halogens is 2. The van der Waals surface area contributed by atoms with Gasteiger partial charge < -0.3 is 0 Å². The van der Waals surface area contributed by atoms with Crippen LogP contribution in [-0.2, 0) is 9.84 Å². The third-order valence-corrected chi connectivity index (χ3v) is 4.95. The number of hydrogen-bond acceptors (Lipinski definition) is 3. The van der Waals surface area contributed by atoms with Crippen LogP contribution in [0, 0.1) is 5.82 Å². The van der Waals surface area contributed by atoms with E-state index in [4.69, 9.17) is 11.6 Å². The molecule has 0 N–H and O–H groups in total. The number of sulfone groups is 1. The lowest BCUT2D eigenvalue weighted by molar-refractivity contribution is 0.0989. The van der Waals surface area contributed by atoms with Crippen LogP contribution < -0.4 is 0 Å². The lowest BCUT2D eigenvalue weighted by Gasteiger charge is -2.05. The second-order valence-corrected chi connectivity index (χ2v) is 6.95. The van der Waals surface area contributed by atoms with Crippen LogP contribution in [0.1, 0.15) is 16.8 Å². The van der Waals surface area contributed by atoms with E-state index in [9.17, 15) is 17.6 Å². The molecule has 110 valence electrons. The standard InChI is InChI=1S/C15H12ClFO3S/c16-13-10-12(6-7-14(13)17)21(19,20)9-8-15(18)11-4-2-1-3-5-11/h1-7,10H,8-9H2. The monoisotopic (exact) mass is 326 g/mol. The largest absolute Gasteiger partial charge is 0.294 e. The van der Waals surface area contributed by atoms with Gasteiger partial charge in [0, 0.05) is 12.0 Å². The summed E-state index contributed by atoms with van der Waals surface area (Å²) in [6.45, 7) is 0. The average molecular weight is 327 g/mol. The van der Waals surface area contributed by atoms with E-state index in [0.29, 0.717) is 5.56 Å². The highest BCUT2D eigenvalue weighted by molar-refractivity contribution is 7.91. The van der Waals surface area contributed by atoms with E-state index in [1.807, 2.05) is 0 Å². The fourth-order valence-electron chi connectivity index (χ4n) is 1.78. The first kappa shape index (κ1) is 15.7. The Hall–Kier alpha value is -1.72. The molecule has 0 saturated carbocycles. The van der Waals surface area contributed by atoms with Crippen LogP contribution in [0.25, 0.3) is 0 Å². The van der Waals surface area contributed by atoms with Crippen LogP contribution >= 0.6 is 11.6 Å². The van der Waals surface area contributed by atoms with Gasteiger partial charge in [-0.2, -0.15) is 0 Å². The molecule has 0 fully saturated rings. The van der Waals surface area contributed by atoms with Crippen molar-refractivity contribution >= 4 is 27.2 Å². The quantitative estimate of drug-likeness (QED) is 0.624. The van der Waals surface area contributed by atoms with Crippen LogP contribution in [0.2, 0.25) is 5.02 Å². The number of carbonyl (C=O) groups excluding carboxylic acids is 1. The first-order valence-corrected chi connectivity index (χ1v) is 8.19. The van der Waals surface area contributed by atoms with Gasteiger partial charge in [-0.15, -0.1) is 0 Å². The average Bonchev–Trinajstić information content (AvgIpc) is 2.48. The molecule has 0 unspecified atom stereocenters. The summed E-state index contributed by atoms with van der Waals surface area (Å²) in [4.78, 5) is 11.8. The molecule has 2 aromatic carbocycles. The van der Waals surface area contributed by atoms with Crippen molar-refractivity contribution in [3.63, 3.8) is 0 Å². The summed E-state index contributed by atoms with van der Waals surface area (Å²) < 4.78 is 37.2. The number of rotatable bonds is 5. The molecule has 0 amide bonds. The molecular weight excluding hydrogens is 315 g/mol. The highest BCUT2D eigenvalue weighted by Crippen LogP contribution is 2.21. The molecule has 21 heavy (non-hydrogen) atoms. The molecule has 0 bridgehead atoms. The number of ketones is 1. The smallest absolute Gasteiger partial charge is 0.178 e. The number of carbonyl (C=O) groups is 1. The van der Waals surface area contributed by atoms with Crippen molar-refractivity contribution in [1.82, 2.24) is 0 Å². The number of benzene rings is 2. The summed E-state index contributed by atoms with van der Waals surface area (Å²) in [5, 5.41) is -0.259. The van der Waals surface area contributed by atoms with Crippen LogP contribution in [-0.4, -0.2) is 20.0 Å². The van der Waals surface area contributed by atoms with Crippen molar-refractivity contribution in [2.24, 2.45) is 0 Å². The fraction of sp³-hybridized carbons (Fsp3) is 0.133. The maximum absolute atomic E-state index is 13.0. The zero-order valence-corrected chi connectivity index (χ0v) is 12.5. The zero-order valence-electron chi connectivity index (χ0n) is 10.9. The summed E-state index contributed by atoms with van der Waals surface area (Å²) in [6.07, 6.45) is -0.138. The van der Waals surface area contributed by atoms with Gasteiger partial charge in [-0.05, 0) is 18.2 Å². The van der Waals surface area contributed by atoms with E-state index < -0.39 is 15.7 Å². The Bertz CT molecular complexity index is 758. The second kappa shape index (κ2) is 6.37. The van der Waals surface area contributed by atoms with Crippen molar-refractivity contribution in [2.75, 3.05) is 5.75 Å². The topological polar surface area (TPSA) is 51.2 Å². The third-order valence-electron chi connectivity index (χ3n) is 2.94.